The van der Waals surface area contributed by atoms with E-state index in [-0.39, 0.29) is 11.7 Å². The van der Waals surface area contributed by atoms with Crippen LogP contribution in [0, 0.1) is 6.92 Å². The average Bonchev–Trinajstić information content (AvgIpc) is 2.70. The molecule has 4 heteroatoms. The molecule has 0 aliphatic carbocycles. The summed E-state index contributed by atoms with van der Waals surface area (Å²) in [5.41, 5.74) is 1.05. The number of halogens is 1. The lowest BCUT2D eigenvalue weighted by molar-refractivity contribution is 0.109. The third-order valence-corrected chi connectivity index (χ3v) is 2.31. The van der Waals surface area contributed by atoms with Crippen LogP contribution in [-0.2, 0) is 0 Å². The maximum absolute atomic E-state index is 10.4. The number of aryl methyl sites for hydroxylation is 1. The second kappa shape index (κ2) is 4.41. The summed E-state index contributed by atoms with van der Waals surface area (Å²) >= 11 is 5.98. The van der Waals surface area contributed by atoms with Crippen LogP contribution in [0.2, 0.25) is 5.02 Å². The Morgan fingerprint density at radius 3 is 2.75 bits per heavy atom. The third kappa shape index (κ3) is 2.25. The second-order valence-electron chi connectivity index (χ2n) is 3.31. The molecular formula is C12H9ClO3. The number of benzene rings is 1. The largest absolute Gasteiger partial charge is 0.424 e. The van der Waals surface area contributed by atoms with Gasteiger partial charge >= 0.3 is 0 Å². The minimum atomic E-state index is 0.221. The van der Waals surface area contributed by atoms with Crippen molar-refractivity contribution in [3.05, 3.63) is 46.7 Å². The summed E-state index contributed by atoms with van der Waals surface area (Å²) in [6, 6.07) is 8.52. The minimum Gasteiger partial charge on any atom is -0.424 e. The van der Waals surface area contributed by atoms with Crippen LogP contribution in [0.15, 0.2) is 34.7 Å². The molecule has 2 rings (SSSR count). The van der Waals surface area contributed by atoms with Gasteiger partial charge in [0.1, 0.15) is 5.75 Å². The fourth-order valence-electron chi connectivity index (χ4n) is 1.25. The first-order valence-electron chi connectivity index (χ1n) is 4.68. The number of carbonyl (C=O) groups is 1. The molecule has 0 saturated carbocycles. The first-order valence-corrected chi connectivity index (χ1v) is 5.06. The molecule has 0 spiro atoms. The summed E-state index contributed by atoms with van der Waals surface area (Å²) in [5.74, 6) is 0.963. The van der Waals surface area contributed by atoms with Gasteiger partial charge < -0.3 is 9.15 Å². The Balaban J connectivity index is 2.23. The van der Waals surface area contributed by atoms with Gasteiger partial charge in [-0.2, -0.15) is 0 Å². The Kier molecular flexibility index (Phi) is 2.97. The second-order valence-corrected chi connectivity index (χ2v) is 3.72. The molecule has 3 nitrogen and oxygen atoms in total. The van der Waals surface area contributed by atoms with Crippen LogP contribution in [0.1, 0.15) is 16.1 Å². The topological polar surface area (TPSA) is 39.4 Å². The summed E-state index contributed by atoms with van der Waals surface area (Å²) in [6.45, 7) is 1.94. The third-order valence-electron chi connectivity index (χ3n) is 2.02. The molecule has 0 aliphatic rings. The van der Waals surface area contributed by atoms with Crippen molar-refractivity contribution in [3.8, 4) is 11.7 Å². The van der Waals surface area contributed by atoms with E-state index in [0.717, 1.165) is 5.56 Å². The minimum absolute atomic E-state index is 0.221. The standard InChI is InChI=1S/C12H9ClO3/c1-8-2-4-11(10(13)6-8)16-12-5-3-9(7-14)15-12/h2-7H,1H3. The van der Waals surface area contributed by atoms with E-state index in [1.165, 1.54) is 6.07 Å². The molecule has 0 fully saturated rings. The zero-order valence-corrected chi connectivity index (χ0v) is 9.32. The predicted molar refractivity (Wildman–Crippen MR) is 60.4 cm³/mol. The molecule has 0 amide bonds. The highest BCUT2D eigenvalue weighted by Crippen LogP contribution is 2.30. The molecule has 82 valence electrons. The molecule has 0 aliphatic heterocycles. The summed E-state index contributed by atoms with van der Waals surface area (Å²) in [7, 11) is 0. The van der Waals surface area contributed by atoms with Gasteiger partial charge in [0, 0.05) is 6.07 Å². The van der Waals surface area contributed by atoms with Gasteiger partial charge in [0.15, 0.2) is 12.0 Å². The van der Waals surface area contributed by atoms with E-state index < -0.39 is 0 Å². The van der Waals surface area contributed by atoms with Crippen LogP contribution in [-0.4, -0.2) is 6.29 Å². The number of rotatable bonds is 3. The Labute approximate surface area is 97.6 Å². The first kappa shape index (κ1) is 10.8. The van der Waals surface area contributed by atoms with E-state index in [1.54, 1.807) is 18.2 Å². The maximum atomic E-state index is 10.4. The smallest absolute Gasteiger partial charge is 0.290 e. The van der Waals surface area contributed by atoms with Crippen LogP contribution in [0.5, 0.6) is 11.7 Å². The van der Waals surface area contributed by atoms with E-state index in [2.05, 4.69) is 0 Å². The van der Waals surface area contributed by atoms with Gasteiger partial charge in [-0.25, -0.2) is 0 Å². The highest BCUT2D eigenvalue weighted by Gasteiger charge is 2.06. The van der Waals surface area contributed by atoms with Crippen molar-refractivity contribution in [2.75, 3.05) is 0 Å². The van der Waals surface area contributed by atoms with Crippen LogP contribution in [0.3, 0.4) is 0 Å². The molecule has 16 heavy (non-hydrogen) atoms. The van der Waals surface area contributed by atoms with E-state index in [0.29, 0.717) is 17.1 Å². The Morgan fingerprint density at radius 1 is 1.31 bits per heavy atom. The zero-order chi connectivity index (χ0) is 11.5. The van der Waals surface area contributed by atoms with Crippen molar-refractivity contribution >= 4 is 17.9 Å². The molecular weight excluding hydrogens is 228 g/mol. The Bertz CT molecular complexity index is 517. The quantitative estimate of drug-likeness (QED) is 0.760. The molecule has 0 N–H and O–H groups in total. The van der Waals surface area contributed by atoms with Crippen LogP contribution >= 0.6 is 11.6 Å². The zero-order valence-electron chi connectivity index (χ0n) is 8.57. The number of hydrogen-bond donors (Lipinski definition) is 0. The summed E-state index contributed by atoms with van der Waals surface area (Å²) in [6.07, 6.45) is 0.615. The van der Waals surface area contributed by atoms with Crippen LogP contribution < -0.4 is 4.74 Å². The van der Waals surface area contributed by atoms with Gasteiger partial charge in [-0.3, -0.25) is 4.79 Å². The van der Waals surface area contributed by atoms with Gasteiger partial charge in [0.25, 0.3) is 5.95 Å². The molecule has 1 aromatic carbocycles. The monoisotopic (exact) mass is 236 g/mol. The number of aldehydes is 1. The Hall–Kier alpha value is -1.74. The summed E-state index contributed by atoms with van der Waals surface area (Å²) in [5, 5.41) is 0.504. The van der Waals surface area contributed by atoms with Crippen molar-refractivity contribution in [2.24, 2.45) is 0 Å². The molecule has 0 radical (unpaired) electrons. The highest BCUT2D eigenvalue weighted by molar-refractivity contribution is 6.32. The molecule has 2 aromatic rings. The summed E-state index contributed by atoms with van der Waals surface area (Å²) in [4.78, 5) is 10.4. The molecule has 1 aromatic heterocycles. The Morgan fingerprint density at radius 2 is 2.12 bits per heavy atom. The lowest BCUT2D eigenvalue weighted by atomic mass is 10.2. The fourth-order valence-corrected chi connectivity index (χ4v) is 1.52. The number of furan rings is 1. The lowest BCUT2D eigenvalue weighted by Crippen LogP contribution is -1.84. The van der Waals surface area contributed by atoms with Crippen molar-refractivity contribution in [2.45, 2.75) is 6.92 Å². The van der Waals surface area contributed by atoms with E-state index in [9.17, 15) is 4.79 Å². The molecule has 0 unspecified atom stereocenters. The van der Waals surface area contributed by atoms with Crippen LogP contribution in [0.25, 0.3) is 0 Å². The van der Waals surface area contributed by atoms with Crippen molar-refractivity contribution in [1.82, 2.24) is 0 Å². The van der Waals surface area contributed by atoms with E-state index in [4.69, 9.17) is 20.8 Å². The SMILES string of the molecule is Cc1ccc(Oc2ccc(C=O)o2)c(Cl)c1. The maximum Gasteiger partial charge on any atom is 0.290 e. The molecule has 1 heterocycles. The fraction of sp³-hybridized carbons (Fsp3) is 0.0833. The average molecular weight is 237 g/mol. The first-order chi connectivity index (χ1) is 7.69. The molecule has 0 atom stereocenters. The summed E-state index contributed by atoms with van der Waals surface area (Å²) < 4.78 is 10.5. The lowest BCUT2D eigenvalue weighted by Gasteiger charge is -2.04. The van der Waals surface area contributed by atoms with Gasteiger partial charge in [0.2, 0.25) is 0 Å². The van der Waals surface area contributed by atoms with Gasteiger partial charge in [-0.15, -0.1) is 0 Å². The number of hydrogen-bond acceptors (Lipinski definition) is 3. The van der Waals surface area contributed by atoms with Gasteiger partial charge in [-0.05, 0) is 30.7 Å². The molecule has 0 saturated heterocycles. The van der Waals surface area contributed by atoms with E-state index in [1.807, 2.05) is 13.0 Å². The highest BCUT2D eigenvalue weighted by atomic mass is 35.5. The van der Waals surface area contributed by atoms with Crippen molar-refractivity contribution in [1.29, 1.82) is 0 Å². The van der Waals surface area contributed by atoms with Gasteiger partial charge in [-0.1, -0.05) is 17.7 Å². The predicted octanol–water partition coefficient (Wildman–Crippen LogP) is 3.85. The van der Waals surface area contributed by atoms with Crippen molar-refractivity contribution in [3.63, 3.8) is 0 Å². The van der Waals surface area contributed by atoms with Crippen LogP contribution in [0.4, 0.5) is 0 Å². The molecule has 0 bridgehead atoms. The normalized spacial score (nSPS) is 10.1. The number of ether oxygens (including phenoxy) is 1. The van der Waals surface area contributed by atoms with Crippen molar-refractivity contribution < 1.29 is 13.9 Å². The van der Waals surface area contributed by atoms with E-state index >= 15 is 0 Å². The number of carbonyl (C=O) groups excluding carboxylic acids is 1. The van der Waals surface area contributed by atoms with Gasteiger partial charge in [0.05, 0.1) is 5.02 Å².